The average molecular weight is 471 g/mol. The Morgan fingerprint density at radius 2 is 1.96 bits per heavy atom. The zero-order valence-corrected chi connectivity index (χ0v) is 17.6. The number of para-hydroxylation sites is 1. The Morgan fingerprint density at radius 1 is 1.31 bits per heavy atom. The smallest absolute Gasteiger partial charge is 0.259 e. The average Bonchev–Trinajstić information content (AvgIpc) is 2.88. The van der Waals surface area contributed by atoms with E-state index in [9.17, 15) is 4.79 Å². The van der Waals surface area contributed by atoms with Gasteiger partial charge in [0.05, 0.1) is 21.6 Å². The predicted molar refractivity (Wildman–Crippen MR) is 113 cm³/mol. The van der Waals surface area contributed by atoms with Crippen LogP contribution in [0, 0.1) is 3.70 Å². The summed E-state index contributed by atoms with van der Waals surface area (Å²) < 4.78 is 8.89. The molecule has 26 heavy (non-hydrogen) atoms. The zero-order valence-electron chi connectivity index (χ0n) is 15.4. The summed E-state index contributed by atoms with van der Waals surface area (Å²) in [5.41, 5.74) is 6.81. The summed E-state index contributed by atoms with van der Waals surface area (Å²) in [6, 6.07) is 7.38. The van der Waals surface area contributed by atoms with Gasteiger partial charge in [-0.05, 0) is 47.6 Å². The maximum absolute atomic E-state index is 12.7. The number of carbonyl (C=O) groups is 2. The van der Waals surface area contributed by atoms with E-state index in [-0.39, 0.29) is 12.3 Å². The molecule has 142 valence electrons. The molecule has 0 unspecified atom stereocenters. The van der Waals surface area contributed by atoms with Crippen molar-refractivity contribution in [2.75, 3.05) is 11.9 Å². The van der Waals surface area contributed by atoms with E-state index in [1.807, 2.05) is 42.9 Å². The van der Waals surface area contributed by atoms with Gasteiger partial charge in [0.2, 0.25) is 6.41 Å². The molecule has 0 bridgehead atoms. The fourth-order valence-electron chi connectivity index (χ4n) is 2.43. The number of aryl methyl sites for hydroxylation is 1. The van der Waals surface area contributed by atoms with Crippen molar-refractivity contribution in [1.82, 2.24) is 4.57 Å². The standard InChI is InChI=1S/C18H23IN2O2.CH3NO/c1-4-8-13-15(12-21(3)17(13)19)20-18(22)14-9-6-7-10-16(14)23-11-5-2;2-1-3/h6-7,9-10,12H,4-5,8,11H2,1-3H3,(H,20,22);1H,(H2,2,3). The number of ether oxygens (including phenoxy) is 1. The van der Waals surface area contributed by atoms with E-state index >= 15 is 0 Å². The van der Waals surface area contributed by atoms with Crippen LogP contribution in [0.5, 0.6) is 5.75 Å². The van der Waals surface area contributed by atoms with Gasteiger partial charge in [0, 0.05) is 18.8 Å². The van der Waals surface area contributed by atoms with E-state index in [0.717, 1.165) is 28.7 Å². The van der Waals surface area contributed by atoms with Crippen LogP contribution in [0.3, 0.4) is 0 Å². The van der Waals surface area contributed by atoms with Gasteiger partial charge < -0.3 is 20.4 Å². The lowest BCUT2D eigenvalue weighted by Crippen LogP contribution is -2.14. The first-order valence-electron chi connectivity index (χ1n) is 8.52. The summed E-state index contributed by atoms with van der Waals surface area (Å²) in [6.07, 6.45) is 5.12. The summed E-state index contributed by atoms with van der Waals surface area (Å²) in [4.78, 5) is 21.3. The lowest BCUT2D eigenvalue weighted by Gasteiger charge is -2.11. The second-order valence-electron chi connectivity index (χ2n) is 5.61. The monoisotopic (exact) mass is 471 g/mol. The highest BCUT2D eigenvalue weighted by Gasteiger charge is 2.17. The molecule has 0 aliphatic carbocycles. The summed E-state index contributed by atoms with van der Waals surface area (Å²) in [6.45, 7) is 4.79. The van der Waals surface area contributed by atoms with E-state index in [2.05, 4.69) is 40.6 Å². The summed E-state index contributed by atoms with van der Waals surface area (Å²) in [5.74, 6) is 0.505. The molecule has 0 aliphatic heterocycles. The second-order valence-corrected chi connectivity index (χ2v) is 6.63. The van der Waals surface area contributed by atoms with Crippen molar-refractivity contribution in [3.05, 3.63) is 45.3 Å². The number of primary amides is 1. The van der Waals surface area contributed by atoms with Gasteiger partial charge in [-0.25, -0.2) is 0 Å². The molecule has 0 atom stereocenters. The molecule has 0 aliphatic rings. The van der Waals surface area contributed by atoms with Crippen molar-refractivity contribution >= 4 is 40.6 Å². The maximum atomic E-state index is 12.7. The predicted octanol–water partition coefficient (Wildman–Crippen LogP) is 3.72. The van der Waals surface area contributed by atoms with E-state index in [1.165, 1.54) is 5.56 Å². The van der Waals surface area contributed by atoms with Crippen molar-refractivity contribution < 1.29 is 14.3 Å². The third-order valence-corrected chi connectivity index (χ3v) is 4.96. The minimum Gasteiger partial charge on any atom is -0.493 e. The molecule has 1 heterocycles. The number of hydrogen-bond donors (Lipinski definition) is 2. The van der Waals surface area contributed by atoms with E-state index in [1.54, 1.807) is 6.07 Å². The van der Waals surface area contributed by atoms with Crippen LogP contribution < -0.4 is 15.8 Å². The number of rotatable bonds is 7. The number of benzene rings is 1. The fraction of sp³-hybridized carbons (Fsp3) is 0.368. The lowest BCUT2D eigenvalue weighted by atomic mass is 10.1. The SMILES string of the molecule is CCCOc1ccccc1C(=O)Nc1cn(C)c(I)c1CCC.NC=O. The first-order valence-corrected chi connectivity index (χ1v) is 9.60. The third kappa shape index (κ3) is 6.05. The van der Waals surface area contributed by atoms with E-state index in [4.69, 9.17) is 9.53 Å². The number of halogens is 1. The Labute approximate surface area is 168 Å². The van der Waals surface area contributed by atoms with Crippen LogP contribution in [0.25, 0.3) is 0 Å². The number of carbonyl (C=O) groups excluding carboxylic acids is 2. The van der Waals surface area contributed by atoms with Crippen molar-refractivity contribution in [2.45, 2.75) is 33.1 Å². The minimum atomic E-state index is -0.129. The Hall–Kier alpha value is -2.03. The van der Waals surface area contributed by atoms with Gasteiger partial charge in [0.25, 0.3) is 5.91 Å². The molecule has 0 radical (unpaired) electrons. The molecule has 3 N–H and O–H groups in total. The summed E-state index contributed by atoms with van der Waals surface area (Å²) >= 11 is 2.32. The Morgan fingerprint density at radius 3 is 2.58 bits per heavy atom. The quantitative estimate of drug-likeness (QED) is 0.477. The molecule has 2 rings (SSSR count). The molecular formula is C19H26IN3O3. The fourth-order valence-corrected chi connectivity index (χ4v) is 3.13. The molecule has 2 aromatic rings. The topological polar surface area (TPSA) is 86.3 Å². The molecule has 0 spiro atoms. The van der Waals surface area contributed by atoms with Crippen LogP contribution >= 0.6 is 22.6 Å². The maximum Gasteiger partial charge on any atom is 0.259 e. The van der Waals surface area contributed by atoms with Gasteiger partial charge in [0.1, 0.15) is 5.75 Å². The van der Waals surface area contributed by atoms with Crippen LogP contribution in [0.15, 0.2) is 30.5 Å². The van der Waals surface area contributed by atoms with Crippen LogP contribution in [0.1, 0.15) is 42.6 Å². The van der Waals surface area contributed by atoms with Gasteiger partial charge in [0.15, 0.2) is 0 Å². The number of nitrogens with one attached hydrogen (secondary N) is 1. The van der Waals surface area contributed by atoms with Gasteiger partial charge in [-0.3, -0.25) is 9.59 Å². The highest BCUT2D eigenvalue weighted by Crippen LogP contribution is 2.27. The number of amides is 2. The summed E-state index contributed by atoms with van der Waals surface area (Å²) in [5, 5.41) is 3.05. The largest absolute Gasteiger partial charge is 0.493 e. The molecule has 1 aromatic carbocycles. The Kier molecular flexibility index (Phi) is 9.79. The van der Waals surface area contributed by atoms with Gasteiger partial charge in [-0.2, -0.15) is 0 Å². The number of hydrogen-bond acceptors (Lipinski definition) is 3. The first-order chi connectivity index (χ1) is 12.5. The normalized spacial score (nSPS) is 9.85. The van der Waals surface area contributed by atoms with Crippen molar-refractivity contribution in [2.24, 2.45) is 12.8 Å². The van der Waals surface area contributed by atoms with Crippen LogP contribution in [0.4, 0.5) is 5.69 Å². The van der Waals surface area contributed by atoms with E-state index in [0.29, 0.717) is 17.9 Å². The third-order valence-electron chi connectivity index (χ3n) is 3.55. The second kappa shape index (κ2) is 11.6. The molecule has 6 nitrogen and oxygen atoms in total. The van der Waals surface area contributed by atoms with Crippen molar-refractivity contribution in [3.63, 3.8) is 0 Å². The Balaban J connectivity index is 0.00000105. The highest BCUT2D eigenvalue weighted by atomic mass is 127. The molecular weight excluding hydrogens is 445 g/mol. The van der Waals surface area contributed by atoms with Gasteiger partial charge >= 0.3 is 0 Å². The van der Waals surface area contributed by atoms with Crippen LogP contribution in [-0.4, -0.2) is 23.5 Å². The number of nitrogens with two attached hydrogens (primary N) is 1. The molecule has 2 amide bonds. The number of anilines is 1. The molecule has 0 saturated heterocycles. The zero-order chi connectivity index (χ0) is 19.5. The number of aromatic nitrogens is 1. The highest BCUT2D eigenvalue weighted by molar-refractivity contribution is 14.1. The molecule has 0 saturated carbocycles. The molecule has 1 aromatic heterocycles. The summed E-state index contributed by atoms with van der Waals surface area (Å²) in [7, 11) is 1.99. The van der Waals surface area contributed by atoms with Crippen LogP contribution in [0.2, 0.25) is 0 Å². The van der Waals surface area contributed by atoms with Crippen molar-refractivity contribution in [1.29, 1.82) is 0 Å². The number of nitrogens with zero attached hydrogens (tertiary/aromatic N) is 1. The van der Waals surface area contributed by atoms with Gasteiger partial charge in [-0.1, -0.05) is 32.4 Å². The minimum absolute atomic E-state index is 0.129. The van der Waals surface area contributed by atoms with Gasteiger partial charge in [-0.15, -0.1) is 0 Å². The van der Waals surface area contributed by atoms with Crippen LogP contribution in [-0.2, 0) is 18.3 Å². The first kappa shape index (κ1) is 22.0. The Bertz CT molecular complexity index is 729. The van der Waals surface area contributed by atoms with E-state index < -0.39 is 0 Å². The molecule has 7 heteroatoms. The van der Waals surface area contributed by atoms with Crippen molar-refractivity contribution in [3.8, 4) is 5.75 Å². The lowest BCUT2D eigenvalue weighted by molar-refractivity contribution is -0.106. The molecule has 0 fully saturated rings.